The first-order valence-electron chi connectivity index (χ1n) is 4.20. The van der Waals surface area contributed by atoms with E-state index >= 15 is 0 Å². The molecule has 0 bridgehead atoms. The van der Waals surface area contributed by atoms with Crippen molar-refractivity contribution in [2.45, 2.75) is 13.3 Å². The first-order chi connectivity index (χ1) is 7.08. The Morgan fingerprint density at radius 3 is 2.53 bits per heavy atom. The molecule has 0 unspecified atom stereocenters. The predicted octanol–water partition coefficient (Wildman–Crippen LogP) is 0.954. The quantitative estimate of drug-likeness (QED) is 0.722. The lowest BCUT2D eigenvalue weighted by Gasteiger charge is -1.99. The van der Waals surface area contributed by atoms with Crippen LogP contribution < -0.4 is 0 Å². The van der Waals surface area contributed by atoms with Crippen LogP contribution in [-0.4, -0.2) is 31.1 Å². The Kier molecular flexibility index (Phi) is 3.79. The minimum atomic E-state index is -0.473. The molecule has 82 valence electrons. The summed E-state index contributed by atoms with van der Waals surface area (Å²) in [5.74, 6) is -0.898. The van der Waals surface area contributed by atoms with E-state index in [1.807, 2.05) is 0 Å². The van der Waals surface area contributed by atoms with Crippen molar-refractivity contribution in [2.24, 2.45) is 0 Å². The molecule has 0 atom stereocenters. The fraction of sp³-hybridized carbons (Fsp3) is 0.444. The van der Waals surface area contributed by atoms with Gasteiger partial charge in [-0.3, -0.25) is 4.79 Å². The highest BCUT2D eigenvalue weighted by molar-refractivity contribution is 7.13. The molecular formula is C9H11NO4S. The summed E-state index contributed by atoms with van der Waals surface area (Å²) in [6, 6.07) is 0. The zero-order valence-electron chi connectivity index (χ0n) is 8.70. The largest absolute Gasteiger partial charge is 0.469 e. The lowest BCUT2D eigenvalue weighted by atomic mass is 10.3. The van der Waals surface area contributed by atoms with Gasteiger partial charge in [0.25, 0.3) is 0 Å². The highest BCUT2D eigenvalue weighted by Crippen LogP contribution is 2.19. The van der Waals surface area contributed by atoms with Crippen LogP contribution in [-0.2, 0) is 20.7 Å². The van der Waals surface area contributed by atoms with Gasteiger partial charge in [0.15, 0.2) is 0 Å². The molecule has 6 heteroatoms. The van der Waals surface area contributed by atoms with Gasteiger partial charge in [-0.1, -0.05) is 0 Å². The van der Waals surface area contributed by atoms with E-state index in [1.165, 1.54) is 25.6 Å². The molecule has 1 rings (SSSR count). The molecule has 0 N–H and O–H groups in total. The van der Waals surface area contributed by atoms with Crippen LogP contribution in [0.5, 0.6) is 0 Å². The SMILES string of the molecule is COC(=O)Cc1nc(C)sc1C(=O)OC. The summed E-state index contributed by atoms with van der Waals surface area (Å²) in [4.78, 5) is 26.8. The van der Waals surface area contributed by atoms with E-state index in [9.17, 15) is 9.59 Å². The van der Waals surface area contributed by atoms with Crippen molar-refractivity contribution in [3.8, 4) is 0 Å². The van der Waals surface area contributed by atoms with Crippen molar-refractivity contribution in [1.82, 2.24) is 4.98 Å². The Hall–Kier alpha value is -1.43. The molecule has 0 spiro atoms. The van der Waals surface area contributed by atoms with Crippen LogP contribution in [0.25, 0.3) is 0 Å². The van der Waals surface area contributed by atoms with Gasteiger partial charge >= 0.3 is 11.9 Å². The van der Waals surface area contributed by atoms with Gasteiger partial charge in [-0.15, -0.1) is 11.3 Å². The molecule has 0 aliphatic carbocycles. The molecule has 0 amide bonds. The second-order valence-electron chi connectivity index (χ2n) is 2.75. The zero-order valence-corrected chi connectivity index (χ0v) is 9.51. The maximum atomic E-state index is 11.3. The number of hydrogen-bond donors (Lipinski definition) is 0. The van der Waals surface area contributed by atoms with E-state index in [0.29, 0.717) is 15.6 Å². The van der Waals surface area contributed by atoms with Crippen molar-refractivity contribution in [1.29, 1.82) is 0 Å². The number of hydrogen-bond acceptors (Lipinski definition) is 6. The third-order valence-electron chi connectivity index (χ3n) is 1.71. The first kappa shape index (κ1) is 11.6. The fourth-order valence-corrected chi connectivity index (χ4v) is 1.90. The monoisotopic (exact) mass is 229 g/mol. The second-order valence-corrected chi connectivity index (χ2v) is 3.96. The lowest BCUT2D eigenvalue weighted by Crippen LogP contribution is -2.09. The van der Waals surface area contributed by atoms with E-state index in [4.69, 9.17) is 0 Å². The van der Waals surface area contributed by atoms with Crippen molar-refractivity contribution < 1.29 is 19.1 Å². The summed E-state index contributed by atoms with van der Waals surface area (Å²) in [7, 11) is 2.58. The highest BCUT2D eigenvalue weighted by atomic mass is 32.1. The predicted molar refractivity (Wildman–Crippen MR) is 53.9 cm³/mol. The van der Waals surface area contributed by atoms with Gasteiger partial charge < -0.3 is 9.47 Å². The second kappa shape index (κ2) is 4.88. The van der Waals surface area contributed by atoms with Gasteiger partial charge in [0.1, 0.15) is 4.88 Å². The molecule has 5 nitrogen and oxygen atoms in total. The summed E-state index contributed by atoms with van der Waals surface area (Å²) in [5.41, 5.74) is 0.413. The molecule has 1 aromatic rings. The summed E-state index contributed by atoms with van der Waals surface area (Å²) in [6.45, 7) is 1.76. The van der Waals surface area contributed by atoms with Crippen molar-refractivity contribution in [3.63, 3.8) is 0 Å². The van der Waals surface area contributed by atoms with Crippen molar-refractivity contribution in [3.05, 3.63) is 15.6 Å². The van der Waals surface area contributed by atoms with Crippen molar-refractivity contribution >= 4 is 23.3 Å². The average Bonchev–Trinajstić information content (AvgIpc) is 2.58. The number of carbonyl (C=O) groups is 2. The summed E-state index contributed by atoms with van der Waals surface area (Å²) < 4.78 is 9.09. The standard InChI is InChI=1S/C9H11NO4S/c1-5-10-6(4-7(11)13-2)8(15-5)9(12)14-3/h4H2,1-3H3. The third kappa shape index (κ3) is 2.76. The normalized spacial score (nSPS) is 9.80. The van der Waals surface area contributed by atoms with Gasteiger partial charge in [-0.25, -0.2) is 9.78 Å². The van der Waals surface area contributed by atoms with E-state index < -0.39 is 11.9 Å². The van der Waals surface area contributed by atoms with E-state index in [-0.39, 0.29) is 6.42 Å². The van der Waals surface area contributed by atoms with E-state index in [2.05, 4.69) is 14.5 Å². The number of thiazole rings is 1. The molecule has 0 fully saturated rings. The summed E-state index contributed by atoms with van der Waals surface area (Å²) in [6.07, 6.45) is -0.00866. The zero-order chi connectivity index (χ0) is 11.4. The van der Waals surface area contributed by atoms with Crippen LogP contribution in [0.1, 0.15) is 20.4 Å². The van der Waals surface area contributed by atoms with Crippen LogP contribution >= 0.6 is 11.3 Å². The van der Waals surface area contributed by atoms with Crippen LogP contribution in [0.3, 0.4) is 0 Å². The van der Waals surface area contributed by atoms with Crippen LogP contribution in [0.15, 0.2) is 0 Å². The Morgan fingerprint density at radius 2 is 2.00 bits per heavy atom. The molecule has 1 heterocycles. The van der Waals surface area contributed by atoms with Gasteiger partial charge in [0.2, 0.25) is 0 Å². The smallest absolute Gasteiger partial charge is 0.350 e. The number of nitrogens with zero attached hydrogens (tertiary/aromatic N) is 1. The van der Waals surface area contributed by atoms with Gasteiger partial charge in [0, 0.05) is 0 Å². The molecule has 0 saturated carbocycles. The van der Waals surface area contributed by atoms with Crippen LogP contribution in [0, 0.1) is 6.92 Å². The molecule has 0 saturated heterocycles. The summed E-state index contributed by atoms with van der Waals surface area (Å²) >= 11 is 1.21. The summed E-state index contributed by atoms with van der Waals surface area (Å²) in [5, 5.41) is 0.717. The highest BCUT2D eigenvalue weighted by Gasteiger charge is 2.19. The Bertz CT molecular complexity index is 385. The maximum Gasteiger partial charge on any atom is 0.350 e. The number of methoxy groups -OCH3 is 2. The van der Waals surface area contributed by atoms with Crippen LogP contribution in [0.4, 0.5) is 0 Å². The molecule has 0 aromatic carbocycles. The van der Waals surface area contributed by atoms with E-state index in [0.717, 1.165) is 0 Å². The van der Waals surface area contributed by atoms with Crippen molar-refractivity contribution in [2.75, 3.05) is 14.2 Å². The number of aromatic nitrogens is 1. The Labute approximate surface area is 91.0 Å². The number of esters is 2. The molecule has 1 aromatic heterocycles. The lowest BCUT2D eigenvalue weighted by molar-refractivity contribution is -0.139. The van der Waals surface area contributed by atoms with E-state index in [1.54, 1.807) is 6.92 Å². The average molecular weight is 229 g/mol. The minimum Gasteiger partial charge on any atom is -0.469 e. The maximum absolute atomic E-state index is 11.3. The van der Waals surface area contributed by atoms with Gasteiger partial charge in [-0.2, -0.15) is 0 Å². The molecule has 0 aliphatic heterocycles. The number of rotatable bonds is 3. The molecule has 15 heavy (non-hydrogen) atoms. The number of ether oxygens (including phenoxy) is 2. The fourth-order valence-electron chi connectivity index (χ4n) is 1.05. The Morgan fingerprint density at radius 1 is 1.33 bits per heavy atom. The number of aryl methyl sites for hydroxylation is 1. The molecular weight excluding hydrogens is 218 g/mol. The van der Waals surface area contributed by atoms with Gasteiger partial charge in [0.05, 0.1) is 31.3 Å². The molecule has 0 aliphatic rings. The topological polar surface area (TPSA) is 65.5 Å². The Balaban J connectivity index is 2.96. The third-order valence-corrected chi connectivity index (χ3v) is 2.71. The number of carbonyl (C=O) groups excluding carboxylic acids is 2. The van der Waals surface area contributed by atoms with Crippen LogP contribution in [0.2, 0.25) is 0 Å². The minimum absolute atomic E-state index is 0.00866. The molecule has 0 radical (unpaired) electrons. The first-order valence-corrected chi connectivity index (χ1v) is 5.01. The van der Waals surface area contributed by atoms with Gasteiger partial charge in [-0.05, 0) is 6.92 Å².